The zero-order valence-electron chi connectivity index (χ0n) is 14.1. The number of unbranched alkanes of at least 4 members (excludes halogenated alkanes) is 1. The Morgan fingerprint density at radius 3 is 2.62 bits per heavy atom. The molecule has 1 amide bonds. The molecule has 1 aromatic heterocycles. The Labute approximate surface area is 140 Å². The van der Waals surface area contributed by atoms with Gasteiger partial charge in [0.15, 0.2) is 0 Å². The SMILES string of the molecule is C=C(CC)NNC(=O)c1c(O)c2ccccc2n(CCCC)c1=O. The van der Waals surface area contributed by atoms with Crippen molar-refractivity contribution < 1.29 is 9.90 Å². The van der Waals surface area contributed by atoms with Gasteiger partial charge in [0.2, 0.25) is 0 Å². The molecule has 0 saturated carbocycles. The van der Waals surface area contributed by atoms with E-state index in [-0.39, 0.29) is 11.3 Å². The molecule has 128 valence electrons. The Bertz CT molecular complexity index is 824. The lowest BCUT2D eigenvalue weighted by Crippen LogP contribution is -2.40. The van der Waals surface area contributed by atoms with Crippen molar-refractivity contribution in [1.82, 2.24) is 15.4 Å². The normalized spacial score (nSPS) is 10.6. The number of para-hydroxylation sites is 1. The molecule has 1 aromatic carbocycles. The zero-order valence-corrected chi connectivity index (χ0v) is 14.1. The van der Waals surface area contributed by atoms with Crippen LogP contribution in [0.15, 0.2) is 41.3 Å². The van der Waals surface area contributed by atoms with E-state index in [1.54, 1.807) is 28.8 Å². The second kappa shape index (κ2) is 7.68. The van der Waals surface area contributed by atoms with Crippen molar-refractivity contribution in [3.05, 3.63) is 52.5 Å². The van der Waals surface area contributed by atoms with E-state index >= 15 is 0 Å². The molecule has 0 aliphatic rings. The van der Waals surface area contributed by atoms with Gasteiger partial charge in [0.05, 0.1) is 5.52 Å². The first-order valence-electron chi connectivity index (χ1n) is 8.09. The van der Waals surface area contributed by atoms with Crippen molar-refractivity contribution in [2.24, 2.45) is 0 Å². The first kappa shape index (κ1) is 17.6. The van der Waals surface area contributed by atoms with E-state index in [2.05, 4.69) is 17.4 Å². The Balaban J connectivity index is 2.55. The van der Waals surface area contributed by atoms with Crippen molar-refractivity contribution in [3.8, 4) is 5.75 Å². The van der Waals surface area contributed by atoms with Gasteiger partial charge in [-0.25, -0.2) is 0 Å². The van der Waals surface area contributed by atoms with Crippen LogP contribution in [0.1, 0.15) is 43.5 Å². The fourth-order valence-corrected chi connectivity index (χ4v) is 2.43. The van der Waals surface area contributed by atoms with Crippen LogP contribution in [0, 0.1) is 0 Å². The fraction of sp³-hybridized carbons (Fsp3) is 0.333. The van der Waals surface area contributed by atoms with Gasteiger partial charge in [-0.2, -0.15) is 0 Å². The van der Waals surface area contributed by atoms with Gasteiger partial charge < -0.3 is 15.1 Å². The molecule has 0 aliphatic carbocycles. The van der Waals surface area contributed by atoms with Gasteiger partial charge in [0, 0.05) is 17.6 Å². The number of aryl methyl sites for hydroxylation is 1. The van der Waals surface area contributed by atoms with Crippen LogP contribution in [-0.2, 0) is 6.54 Å². The average Bonchev–Trinajstić information content (AvgIpc) is 2.59. The van der Waals surface area contributed by atoms with Crippen molar-refractivity contribution in [1.29, 1.82) is 0 Å². The molecule has 0 unspecified atom stereocenters. The summed E-state index contributed by atoms with van der Waals surface area (Å²) in [6.07, 6.45) is 2.35. The van der Waals surface area contributed by atoms with Gasteiger partial charge in [-0.15, -0.1) is 0 Å². The third-order valence-corrected chi connectivity index (χ3v) is 3.89. The summed E-state index contributed by atoms with van der Waals surface area (Å²) in [5, 5.41) is 10.9. The molecule has 0 fully saturated rings. The number of pyridine rings is 1. The average molecular weight is 329 g/mol. The molecule has 0 atom stereocenters. The van der Waals surface area contributed by atoms with E-state index in [1.165, 1.54) is 0 Å². The number of carbonyl (C=O) groups excluding carboxylic acids is 1. The van der Waals surface area contributed by atoms with E-state index in [1.807, 2.05) is 13.8 Å². The van der Waals surface area contributed by atoms with Crippen molar-refractivity contribution in [2.75, 3.05) is 0 Å². The summed E-state index contributed by atoms with van der Waals surface area (Å²) < 4.78 is 1.54. The van der Waals surface area contributed by atoms with E-state index in [4.69, 9.17) is 0 Å². The van der Waals surface area contributed by atoms with Gasteiger partial charge in [-0.05, 0) is 25.0 Å². The number of aromatic hydroxyl groups is 1. The summed E-state index contributed by atoms with van der Waals surface area (Å²) >= 11 is 0. The monoisotopic (exact) mass is 329 g/mol. The third kappa shape index (κ3) is 3.42. The molecule has 3 N–H and O–H groups in total. The van der Waals surface area contributed by atoms with Crippen LogP contribution in [0.25, 0.3) is 10.9 Å². The van der Waals surface area contributed by atoms with Crippen LogP contribution in [0.3, 0.4) is 0 Å². The topological polar surface area (TPSA) is 83.4 Å². The van der Waals surface area contributed by atoms with Crippen LogP contribution < -0.4 is 16.4 Å². The number of benzene rings is 1. The Hall–Kier alpha value is -2.76. The van der Waals surface area contributed by atoms with E-state index in [0.29, 0.717) is 29.6 Å². The summed E-state index contributed by atoms with van der Waals surface area (Å²) in [7, 11) is 0. The van der Waals surface area contributed by atoms with Crippen LogP contribution in [0.4, 0.5) is 0 Å². The number of hydrogen-bond acceptors (Lipinski definition) is 4. The number of nitrogens with zero attached hydrogens (tertiary/aromatic N) is 1. The number of fused-ring (bicyclic) bond motifs is 1. The predicted molar refractivity (Wildman–Crippen MR) is 94.8 cm³/mol. The quantitative estimate of drug-likeness (QED) is 0.682. The summed E-state index contributed by atoms with van der Waals surface area (Å²) in [6.45, 7) is 8.12. The van der Waals surface area contributed by atoms with Crippen molar-refractivity contribution in [3.63, 3.8) is 0 Å². The molecule has 0 radical (unpaired) electrons. The number of aromatic nitrogens is 1. The first-order valence-corrected chi connectivity index (χ1v) is 8.09. The summed E-state index contributed by atoms with van der Waals surface area (Å²) in [4.78, 5) is 25.1. The first-order chi connectivity index (χ1) is 11.5. The minimum Gasteiger partial charge on any atom is -0.506 e. The number of rotatable bonds is 7. The number of nitrogens with one attached hydrogen (secondary N) is 2. The lowest BCUT2D eigenvalue weighted by Gasteiger charge is -2.15. The Morgan fingerprint density at radius 1 is 1.25 bits per heavy atom. The lowest BCUT2D eigenvalue weighted by molar-refractivity contribution is 0.0934. The summed E-state index contributed by atoms with van der Waals surface area (Å²) in [5.41, 5.74) is 5.53. The standard InChI is InChI=1S/C18H23N3O3/c1-4-6-11-21-14-10-8-7-9-13(14)16(22)15(18(21)24)17(23)20-19-12(3)5-2/h7-10,19,22H,3-6,11H2,1-2H3,(H,20,23). The predicted octanol–water partition coefficient (Wildman–Crippen LogP) is 2.67. The minimum atomic E-state index is -0.678. The molecule has 6 nitrogen and oxygen atoms in total. The highest BCUT2D eigenvalue weighted by atomic mass is 16.3. The van der Waals surface area contributed by atoms with Crippen molar-refractivity contribution >= 4 is 16.8 Å². The molecule has 0 saturated heterocycles. The van der Waals surface area contributed by atoms with Gasteiger partial charge in [-0.3, -0.25) is 15.0 Å². The zero-order chi connectivity index (χ0) is 17.7. The lowest BCUT2D eigenvalue weighted by atomic mass is 10.1. The number of allylic oxidation sites excluding steroid dienone is 1. The molecule has 0 aliphatic heterocycles. The van der Waals surface area contributed by atoms with Gasteiger partial charge in [0.25, 0.3) is 11.5 Å². The van der Waals surface area contributed by atoms with Crippen LogP contribution in [0.2, 0.25) is 0 Å². The maximum absolute atomic E-state index is 12.8. The molecular formula is C18H23N3O3. The fourth-order valence-electron chi connectivity index (χ4n) is 2.43. The molecular weight excluding hydrogens is 306 g/mol. The Morgan fingerprint density at radius 2 is 1.96 bits per heavy atom. The van der Waals surface area contributed by atoms with Crippen molar-refractivity contribution in [2.45, 2.75) is 39.7 Å². The largest absolute Gasteiger partial charge is 0.506 e. The third-order valence-electron chi connectivity index (χ3n) is 3.89. The smallest absolute Gasteiger partial charge is 0.279 e. The molecule has 0 spiro atoms. The number of amides is 1. The van der Waals surface area contributed by atoms with E-state index in [9.17, 15) is 14.7 Å². The molecule has 0 bridgehead atoms. The number of hydrogen-bond donors (Lipinski definition) is 3. The number of hydrazine groups is 1. The molecule has 6 heteroatoms. The Kier molecular flexibility index (Phi) is 5.63. The summed E-state index contributed by atoms with van der Waals surface area (Å²) in [5.74, 6) is -0.979. The molecule has 24 heavy (non-hydrogen) atoms. The minimum absolute atomic E-state index is 0.263. The second-order valence-corrected chi connectivity index (χ2v) is 5.59. The van der Waals surface area contributed by atoms with Gasteiger partial charge in [-0.1, -0.05) is 39.0 Å². The molecule has 2 aromatic rings. The van der Waals surface area contributed by atoms with Gasteiger partial charge in [0.1, 0.15) is 11.3 Å². The number of carbonyl (C=O) groups is 1. The maximum atomic E-state index is 12.8. The van der Waals surface area contributed by atoms with E-state index < -0.39 is 11.5 Å². The second-order valence-electron chi connectivity index (χ2n) is 5.59. The van der Waals surface area contributed by atoms with E-state index in [0.717, 1.165) is 12.8 Å². The van der Waals surface area contributed by atoms with Crippen LogP contribution in [-0.4, -0.2) is 15.6 Å². The summed E-state index contributed by atoms with van der Waals surface area (Å²) in [6, 6.07) is 7.03. The highest BCUT2D eigenvalue weighted by Gasteiger charge is 2.21. The molecule has 2 rings (SSSR count). The molecule has 1 heterocycles. The highest BCUT2D eigenvalue weighted by molar-refractivity contribution is 6.02. The van der Waals surface area contributed by atoms with Crippen LogP contribution in [0.5, 0.6) is 5.75 Å². The maximum Gasteiger partial charge on any atom is 0.279 e. The van der Waals surface area contributed by atoms with Crippen LogP contribution >= 0.6 is 0 Å². The highest BCUT2D eigenvalue weighted by Crippen LogP contribution is 2.26. The van der Waals surface area contributed by atoms with Gasteiger partial charge >= 0.3 is 0 Å².